The monoisotopic (exact) mass is 316 g/mol. The Kier molecular flexibility index (Phi) is 6.23. The van der Waals surface area contributed by atoms with Gasteiger partial charge in [0.25, 0.3) is 0 Å². The molecular formula is C18H24N2O3. The molecule has 124 valence electrons. The lowest BCUT2D eigenvalue weighted by Crippen LogP contribution is -2.35. The summed E-state index contributed by atoms with van der Waals surface area (Å²) in [4.78, 5) is 14.2. The summed E-state index contributed by atoms with van der Waals surface area (Å²) in [7, 11) is 3.93. The number of hydrogen-bond acceptors (Lipinski definition) is 4. The minimum absolute atomic E-state index is 0.00688. The van der Waals surface area contributed by atoms with Gasteiger partial charge in [0.2, 0.25) is 5.91 Å². The number of amides is 1. The number of likely N-dealkylation sites (N-methyl/N-ethyl adjacent to an activating group) is 1. The first-order valence-corrected chi connectivity index (χ1v) is 7.78. The van der Waals surface area contributed by atoms with E-state index >= 15 is 0 Å². The molecule has 0 fully saturated rings. The van der Waals surface area contributed by atoms with Crippen molar-refractivity contribution in [3.8, 4) is 5.75 Å². The maximum Gasteiger partial charge on any atom is 0.224 e. The number of carbonyl (C=O) groups is 1. The van der Waals surface area contributed by atoms with E-state index in [2.05, 4.69) is 5.32 Å². The molecule has 2 aromatic rings. The highest BCUT2D eigenvalue weighted by atomic mass is 16.5. The molecule has 0 radical (unpaired) electrons. The predicted molar refractivity (Wildman–Crippen MR) is 89.5 cm³/mol. The highest BCUT2D eigenvalue weighted by Gasteiger charge is 2.17. The number of benzene rings is 1. The van der Waals surface area contributed by atoms with Crippen LogP contribution in [0.1, 0.15) is 24.3 Å². The van der Waals surface area contributed by atoms with Crippen molar-refractivity contribution in [3.05, 3.63) is 54.0 Å². The van der Waals surface area contributed by atoms with E-state index in [1.165, 1.54) is 0 Å². The number of carbonyl (C=O) groups excluding carboxylic acids is 1. The molecule has 0 saturated heterocycles. The van der Waals surface area contributed by atoms with Gasteiger partial charge in [0.05, 0.1) is 25.3 Å². The van der Waals surface area contributed by atoms with Crippen molar-refractivity contribution in [2.75, 3.05) is 27.2 Å². The summed E-state index contributed by atoms with van der Waals surface area (Å²) >= 11 is 0. The molecule has 0 aliphatic heterocycles. The van der Waals surface area contributed by atoms with E-state index in [1.54, 1.807) is 6.26 Å². The van der Waals surface area contributed by atoms with Gasteiger partial charge >= 0.3 is 0 Å². The fourth-order valence-corrected chi connectivity index (χ4v) is 2.35. The molecule has 1 aromatic carbocycles. The Hall–Kier alpha value is -2.27. The first kappa shape index (κ1) is 17.1. The largest absolute Gasteiger partial charge is 0.494 e. The van der Waals surface area contributed by atoms with Gasteiger partial charge in [0, 0.05) is 6.54 Å². The van der Waals surface area contributed by atoms with Crippen molar-refractivity contribution >= 4 is 5.91 Å². The van der Waals surface area contributed by atoms with Crippen molar-refractivity contribution in [2.24, 2.45) is 0 Å². The molecule has 1 atom stereocenters. The molecular weight excluding hydrogens is 292 g/mol. The quantitative estimate of drug-likeness (QED) is 0.813. The van der Waals surface area contributed by atoms with Gasteiger partial charge in [-0.15, -0.1) is 0 Å². The second-order valence-electron chi connectivity index (χ2n) is 5.55. The zero-order valence-corrected chi connectivity index (χ0v) is 13.9. The van der Waals surface area contributed by atoms with Gasteiger partial charge in [-0.1, -0.05) is 12.1 Å². The molecule has 1 amide bonds. The zero-order valence-electron chi connectivity index (χ0n) is 13.9. The predicted octanol–water partition coefficient (Wildman–Crippen LogP) is 2.64. The number of hydrogen-bond donors (Lipinski definition) is 1. The van der Waals surface area contributed by atoms with Crippen LogP contribution in [0, 0.1) is 0 Å². The Morgan fingerprint density at radius 2 is 2.00 bits per heavy atom. The summed E-state index contributed by atoms with van der Waals surface area (Å²) in [5.41, 5.74) is 0.963. The number of nitrogens with one attached hydrogen (secondary N) is 1. The normalized spacial score (nSPS) is 12.2. The van der Waals surface area contributed by atoms with E-state index in [9.17, 15) is 4.79 Å². The van der Waals surface area contributed by atoms with Gasteiger partial charge < -0.3 is 14.5 Å². The van der Waals surface area contributed by atoms with Crippen LogP contribution in [-0.2, 0) is 11.2 Å². The lowest BCUT2D eigenvalue weighted by Gasteiger charge is -2.22. The van der Waals surface area contributed by atoms with Crippen LogP contribution in [0.3, 0.4) is 0 Å². The Morgan fingerprint density at radius 1 is 1.26 bits per heavy atom. The average Bonchev–Trinajstić information content (AvgIpc) is 3.03. The summed E-state index contributed by atoms with van der Waals surface area (Å²) < 4.78 is 10.8. The van der Waals surface area contributed by atoms with Crippen LogP contribution in [0.4, 0.5) is 0 Å². The molecule has 0 aliphatic rings. The second kappa shape index (κ2) is 8.39. The van der Waals surface area contributed by atoms with Crippen LogP contribution >= 0.6 is 0 Å². The molecule has 5 heteroatoms. The smallest absolute Gasteiger partial charge is 0.224 e. The van der Waals surface area contributed by atoms with E-state index in [1.807, 2.05) is 62.3 Å². The van der Waals surface area contributed by atoms with Crippen LogP contribution in [0.15, 0.2) is 47.1 Å². The third-order valence-electron chi connectivity index (χ3n) is 3.59. The van der Waals surface area contributed by atoms with Crippen molar-refractivity contribution in [3.63, 3.8) is 0 Å². The molecule has 0 unspecified atom stereocenters. The van der Waals surface area contributed by atoms with Gasteiger partial charge in [-0.25, -0.2) is 0 Å². The van der Waals surface area contributed by atoms with Crippen LogP contribution in [0.5, 0.6) is 5.75 Å². The van der Waals surface area contributed by atoms with Crippen molar-refractivity contribution < 1.29 is 13.9 Å². The fraction of sp³-hybridized carbons (Fsp3) is 0.389. The molecule has 0 bridgehead atoms. The Bertz CT molecular complexity index is 591. The molecule has 2 rings (SSSR count). The first-order valence-electron chi connectivity index (χ1n) is 7.78. The second-order valence-corrected chi connectivity index (χ2v) is 5.55. The summed E-state index contributed by atoms with van der Waals surface area (Å²) in [6.45, 7) is 3.09. The van der Waals surface area contributed by atoms with Crippen LogP contribution in [0.25, 0.3) is 0 Å². The van der Waals surface area contributed by atoms with Crippen LogP contribution in [-0.4, -0.2) is 38.1 Å². The topological polar surface area (TPSA) is 54.7 Å². The van der Waals surface area contributed by atoms with Gasteiger partial charge in [-0.3, -0.25) is 9.69 Å². The first-order chi connectivity index (χ1) is 11.1. The fourth-order valence-electron chi connectivity index (χ4n) is 2.35. The lowest BCUT2D eigenvalue weighted by molar-refractivity contribution is -0.120. The molecule has 1 N–H and O–H groups in total. The molecule has 5 nitrogen and oxygen atoms in total. The summed E-state index contributed by atoms with van der Waals surface area (Å²) in [5, 5.41) is 2.97. The van der Waals surface area contributed by atoms with E-state index < -0.39 is 0 Å². The molecule has 1 heterocycles. The highest BCUT2D eigenvalue weighted by molar-refractivity contribution is 5.78. The summed E-state index contributed by atoms with van der Waals surface area (Å²) in [6.07, 6.45) is 2.00. The molecule has 0 spiro atoms. The van der Waals surface area contributed by atoms with E-state index in [0.29, 0.717) is 19.6 Å². The van der Waals surface area contributed by atoms with Crippen molar-refractivity contribution in [2.45, 2.75) is 19.4 Å². The SMILES string of the molecule is CCOc1ccc(CC(=O)NC[C@@H](c2ccco2)N(C)C)cc1. The summed E-state index contributed by atoms with van der Waals surface area (Å²) in [6, 6.07) is 11.4. The third-order valence-corrected chi connectivity index (χ3v) is 3.59. The molecule has 0 saturated carbocycles. The number of nitrogens with zero attached hydrogens (tertiary/aromatic N) is 1. The molecule has 23 heavy (non-hydrogen) atoms. The third kappa shape index (κ3) is 5.14. The number of rotatable bonds is 8. The maximum absolute atomic E-state index is 12.1. The minimum Gasteiger partial charge on any atom is -0.494 e. The Balaban J connectivity index is 1.86. The van der Waals surface area contributed by atoms with E-state index in [-0.39, 0.29) is 11.9 Å². The highest BCUT2D eigenvalue weighted by Crippen LogP contribution is 2.17. The Morgan fingerprint density at radius 3 is 2.57 bits per heavy atom. The van der Waals surface area contributed by atoms with Gasteiger partial charge in [0.1, 0.15) is 11.5 Å². The van der Waals surface area contributed by atoms with E-state index in [0.717, 1.165) is 17.1 Å². The van der Waals surface area contributed by atoms with Gasteiger partial charge in [-0.05, 0) is 50.8 Å². The number of furan rings is 1. The van der Waals surface area contributed by atoms with Gasteiger partial charge in [0.15, 0.2) is 0 Å². The lowest BCUT2D eigenvalue weighted by atomic mass is 10.1. The van der Waals surface area contributed by atoms with Crippen molar-refractivity contribution in [1.82, 2.24) is 10.2 Å². The van der Waals surface area contributed by atoms with Crippen LogP contribution in [0.2, 0.25) is 0 Å². The van der Waals surface area contributed by atoms with Crippen LogP contribution < -0.4 is 10.1 Å². The average molecular weight is 316 g/mol. The zero-order chi connectivity index (χ0) is 16.7. The van der Waals surface area contributed by atoms with Crippen molar-refractivity contribution in [1.29, 1.82) is 0 Å². The molecule has 1 aromatic heterocycles. The summed E-state index contributed by atoms with van der Waals surface area (Å²) in [5.74, 6) is 1.66. The van der Waals surface area contributed by atoms with E-state index in [4.69, 9.17) is 9.15 Å². The number of ether oxygens (including phenoxy) is 1. The standard InChI is InChI=1S/C18H24N2O3/c1-4-22-15-9-7-14(8-10-15)12-18(21)19-13-16(20(2)3)17-6-5-11-23-17/h5-11,16H,4,12-13H2,1-3H3,(H,19,21)/t16-/m0/s1. The molecule has 0 aliphatic carbocycles. The van der Waals surface area contributed by atoms with Gasteiger partial charge in [-0.2, -0.15) is 0 Å². The maximum atomic E-state index is 12.1. The minimum atomic E-state index is -0.00688. The Labute approximate surface area is 137 Å².